The van der Waals surface area contributed by atoms with Gasteiger partial charge in [-0.05, 0) is 124 Å². The van der Waals surface area contributed by atoms with Crippen molar-refractivity contribution < 1.29 is 18.6 Å². The molecule has 5 heteroatoms. The Balaban J connectivity index is 1.24. The molecule has 2 N–H and O–H groups in total. The monoisotopic (exact) mass is 493 g/mol. The van der Waals surface area contributed by atoms with Gasteiger partial charge in [0.2, 0.25) is 0 Å². The number of ether oxygens (including phenoxy) is 1. The summed E-state index contributed by atoms with van der Waals surface area (Å²) < 4.78 is 32.3. The van der Waals surface area contributed by atoms with Crippen LogP contribution in [0.15, 0.2) is 11.3 Å². The zero-order valence-electron chi connectivity index (χ0n) is 22.7. The number of fused-ring (bicyclic) bond motifs is 7. The first-order valence-electron chi connectivity index (χ1n) is 14.6. The fraction of sp³-hybridized carbons (Fsp3) is 0.933. The van der Waals surface area contributed by atoms with Crippen LogP contribution in [-0.4, -0.2) is 36.3 Å². The molecule has 5 rings (SSSR count). The molecule has 0 saturated heterocycles. The number of rotatable bonds is 7. The van der Waals surface area contributed by atoms with Crippen LogP contribution >= 0.6 is 0 Å². The van der Waals surface area contributed by atoms with E-state index < -0.39 is 12.5 Å². The predicted molar refractivity (Wildman–Crippen MR) is 136 cm³/mol. The van der Waals surface area contributed by atoms with Crippen LogP contribution in [-0.2, 0) is 4.74 Å². The molecule has 0 aromatic heterocycles. The maximum Gasteiger partial charge on any atom is 0.253 e. The van der Waals surface area contributed by atoms with E-state index in [2.05, 4.69) is 33.0 Å². The molecule has 0 spiro atoms. The van der Waals surface area contributed by atoms with Gasteiger partial charge in [-0.1, -0.05) is 20.8 Å². The topological polar surface area (TPSA) is 41.5 Å². The molecule has 5 aliphatic rings. The Morgan fingerprint density at radius 2 is 1.77 bits per heavy atom. The summed E-state index contributed by atoms with van der Waals surface area (Å²) in [6.45, 7) is 11.8. The Hall–Kier alpha value is -0.680. The van der Waals surface area contributed by atoms with E-state index in [9.17, 15) is 13.9 Å². The van der Waals surface area contributed by atoms with E-state index in [1.807, 2.05) is 0 Å². The van der Waals surface area contributed by atoms with Crippen LogP contribution in [0.25, 0.3) is 0 Å². The van der Waals surface area contributed by atoms with Crippen molar-refractivity contribution in [1.29, 1.82) is 0 Å². The van der Waals surface area contributed by atoms with Gasteiger partial charge in [-0.2, -0.15) is 0 Å². The molecular weight excluding hydrogens is 444 g/mol. The third-order valence-corrected chi connectivity index (χ3v) is 11.9. The Labute approximate surface area is 211 Å². The average molecular weight is 494 g/mol. The Morgan fingerprint density at radius 1 is 1.03 bits per heavy atom. The molecule has 200 valence electrons. The molecule has 0 bridgehead atoms. The minimum absolute atomic E-state index is 0.0740. The number of nitrogens with one attached hydrogen (secondary N) is 1. The smallest absolute Gasteiger partial charge is 0.253 e. The third-order valence-electron chi connectivity index (χ3n) is 11.9. The molecule has 1 aliphatic heterocycles. The number of hydrogen-bond acceptors (Lipinski definition) is 3. The summed E-state index contributed by atoms with van der Waals surface area (Å²) in [5, 5.41) is 13.3. The number of hydrogen-bond donors (Lipinski definition) is 2. The van der Waals surface area contributed by atoms with E-state index in [0.717, 1.165) is 43.4 Å². The summed E-state index contributed by atoms with van der Waals surface area (Å²) in [5.41, 5.74) is 2.25. The second kappa shape index (κ2) is 9.57. The van der Waals surface area contributed by atoms with Crippen molar-refractivity contribution in [2.45, 2.75) is 124 Å². The first-order valence-corrected chi connectivity index (χ1v) is 14.6. The molecule has 2 unspecified atom stereocenters. The predicted octanol–water partition coefficient (Wildman–Crippen LogP) is 6.95. The van der Waals surface area contributed by atoms with E-state index in [0.29, 0.717) is 41.2 Å². The highest BCUT2D eigenvalue weighted by Gasteiger charge is 2.64. The molecule has 1 heterocycles. The lowest BCUT2D eigenvalue weighted by atomic mass is 9.44. The van der Waals surface area contributed by atoms with Crippen LogP contribution in [0, 0.1) is 46.3 Å². The second-order valence-corrected chi connectivity index (χ2v) is 13.8. The highest BCUT2D eigenvalue weighted by molar-refractivity contribution is 5.26. The van der Waals surface area contributed by atoms with Crippen LogP contribution in [0.4, 0.5) is 8.78 Å². The summed E-state index contributed by atoms with van der Waals surface area (Å²) in [4.78, 5) is 0. The average Bonchev–Trinajstić information content (AvgIpc) is 3.29. The van der Waals surface area contributed by atoms with E-state index in [1.165, 1.54) is 49.9 Å². The van der Waals surface area contributed by atoms with Crippen molar-refractivity contribution in [3.8, 4) is 0 Å². The summed E-state index contributed by atoms with van der Waals surface area (Å²) in [6, 6.07) is -0.747. The Bertz CT molecular complexity index is 816. The zero-order valence-corrected chi connectivity index (χ0v) is 22.7. The van der Waals surface area contributed by atoms with Gasteiger partial charge in [0.25, 0.3) is 6.43 Å². The second-order valence-electron chi connectivity index (χ2n) is 13.8. The Morgan fingerprint density at radius 3 is 2.51 bits per heavy atom. The maximum absolute atomic E-state index is 12.8. The van der Waals surface area contributed by atoms with Gasteiger partial charge in [-0.15, -0.1) is 0 Å². The quantitative estimate of drug-likeness (QED) is 0.403. The molecule has 35 heavy (non-hydrogen) atoms. The number of aliphatic hydroxyl groups excluding tert-OH is 1. The fourth-order valence-corrected chi connectivity index (χ4v) is 9.77. The van der Waals surface area contributed by atoms with E-state index >= 15 is 0 Å². The maximum atomic E-state index is 12.8. The molecule has 0 radical (unpaired) electrons. The van der Waals surface area contributed by atoms with Crippen molar-refractivity contribution in [3.63, 3.8) is 0 Å². The van der Waals surface area contributed by atoms with E-state index in [4.69, 9.17) is 4.74 Å². The zero-order chi connectivity index (χ0) is 25.1. The van der Waals surface area contributed by atoms with Gasteiger partial charge >= 0.3 is 0 Å². The van der Waals surface area contributed by atoms with Gasteiger partial charge in [0, 0.05) is 12.3 Å². The lowest BCUT2D eigenvalue weighted by Gasteiger charge is -2.60. The fourth-order valence-electron chi connectivity index (χ4n) is 9.77. The lowest BCUT2D eigenvalue weighted by Crippen LogP contribution is -2.54. The summed E-state index contributed by atoms with van der Waals surface area (Å²) >= 11 is 0. The molecule has 4 aliphatic carbocycles. The number of halogens is 2. The number of allylic oxidation sites excluding steroid dienone is 1. The first-order chi connectivity index (χ1) is 16.5. The van der Waals surface area contributed by atoms with Gasteiger partial charge in [0.1, 0.15) is 6.10 Å². The van der Waals surface area contributed by atoms with Crippen molar-refractivity contribution in [3.05, 3.63) is 11.3 Å². The SMILES string of the molecule is CC1=C(CC[C@H](C)CNC(C)C(F)F)OC2C[C@H]3[C@@H]4CC[C@H]5C[C@@H](O)CC[C@]5(C)[C@H]4CC[C@]3(C)[C@@H]12. The highest BCUT2D eigenvalue weighted by atomic mass is 19.3. The van der Waals surface area contributed by atoms with Gasteiger partial charge in [0.05, 0.1) is 17.9 Å². The minimum atomic E-state index is -2.31. The summed E-state index contributed by atoms with van der Waals surface area (Å²) in [6.07, 6.45) is 9.59. The molecule has 4 saturated carbocycles. The van der Waals surface area contributed by atoms with Crippen LogP contribution < -0.4 is 5.32 Å². The molecule has 3 nitrogen and oxygen atoms in total. The van der Waals surface area contributed by atoms with E-state index in [1.54, 1.807) is 6.92 Å². The highest BCUT2D eigenvalue weighted by Crippen LogP contribution is 2.69. The largest absolute Gasteiger partial charge is 0.494 e. The van der Waals surface area contributed by atoms with Crippen molar-refractivity contribution in [2.24, 2.45) is 46.3 Å². The van der Waals surface area contributed by atoms with Gasteiger partial charge < -0.3 is 15.2 Å². The molecular formula is C30H49F2NO2. The number of alkyl halides is 2. The molecule has 4 fully saturated rings. The first kappa shape index (κ1) is 25.9. The molecule has 11 atom stereocenters. The minimum Gasteiger partial charge on any atom is -0.494 e. The third kappa shape index (κ3) is 4.39. The normalized spacial score (nSPS) is 46.5. The molecule has 0 amide bonds. The van der Waals surface area contributed by atoms with Gasteiger partial charge in [0.15, 0.2) is 0 Å². The van der Waals surface area contributed by atoms with Crippen molar-refractivity contribution >= 4 is 0 Å². The Kier molecular flexibility index (Phi) is 7.09. The van der Waals surface area contributed by atoms with Crippen molar-refractivity contribution in [1.82, 2.24) is 5.32 Å². The van der Waals surface area contributed by atoms with E-state index in [-0.39, 0.29) is 6.10 Å². The summed E-state index contributed by atoms with van der Waals surface area (Å²) in [7, 11) is 0. The van der Waals surface area contributed by atoms with Crippen LogP contribution in [0.5, 0.6) is 0 Å². The van der Waals surface area contributed by atoms with Crippen molar-refractivity contribution in [2.75, 3.05) is 6.54 Å². The van der Waals surface area contributed by atoms with Gasteiger partial charge in [-0.3, -0.25) is 0 Å². The molecule has 0 aromatic rings. The summed E-state index contributed by atoms with van der Waals surface area (Å²) in [5.74, 6) is 5.21. The lowest BCUT2D eigenvalue weighted by molar-refractivity contribution is -0.124. The van der Waals surface area contributed by atoms with Crippen LogP contribution in [0.1, 0.15) is 98.8 Å². The standard InChI is InChI=1S/C30H49F2NO2/c1-17(16-33-19(3)28(31)32)6-9-25-18(2)27-26(35-25)15-24-22-8-7-20-14-21(34)10-12-29(20,4)23(22)11-13-30(24,27)5/h17,19-24,26-28,33-34H,6-16H2,1-5H3/t17-,19?,20-,21-,22+,23-,24-,26?,27-,29-,30-/m0/s1. The van der Waals surface area contributed by atoms with Gasteiger partial charge in [-0.25, -0.2) is 8.78 Å². The van der Waals surface area contributed by atoms with Crippen LogP contribution in [0.3, 0.4) is 0 Å². The molecule has 0 aromatic carbocycles. The van der Waals surface area contributed by atoms with Crippen LogP contribution in [0.2, 0.25) is 0 Å². The number of aliphatic hydroxyl groups is 1.